The van der Waals surface area contributed by atoms with Crippen LogP contribution in [0, 0.1) is 5.82 Å². The van der Waals surface area contributed by atoms with Gasteiger partial charge in [0.2, 0.25) is 0 Å². The van der Waals surface area contributed by atoms with Gasteiger partial charge in [-0.25, -0.2) is 9.18 Å². The van der Waals surface area contributed by atoms with E-state index in [0.29, 0.717) is 40.5 Å². The molecule has 1 atom stereocenters. The van der Waals surface area contributed by atoms with Crippen LogP contribution in [0.4, 0.5) is 21.5 Å². The van der Waals surface area contributed by atoms with Gasteiger partial charge in [0.15, 0.2) is 5.60 Å². The summed E-state index contributed by atoms with van der Waals surface area (Å²) in [6, 6.07) is 25.1. The van der Waals surface area contributed by atoms with Crippen LogP contribution in [0.25, 0.3) is 0 Å². The number of esters is 1. The molecule has 6 rings (SSSR count). The summed E-state index contributed by atoms with van der Waals surface area (Å²) in [5, 5.41) is 6.53. The number of rotatable bonds is 4. The molecular weight excluding hydrogens is 431 g/mol. The lowest BCUT2D eigenvalue weighted by Crippen LogP contribution is -2.34. The second-order valence-corrected chi connectivity index (χ2v) is 8.24. The molecule has 0 radical (unpaired) electrons. The summed E-state index contributed by atoms with van der Waals surface area (Å²) in [4.78, 5) is 13.1. The molecule has 5 nitrogen and oxygen atoms in total. The number of ether oxygens (including phenoxy) is 2. The van der Waals surface area contributed by atoms with E-state index in [1.807, 2.05) is 61.5 Å². The summed E-state index contributed by atoms with van der Waals surface area (Å²) in [6.45, 7) is 2.69. The number of hydrogen-bond donors (Lipinski definition) is 2. The minimum atomic E-state index is -1.21. The van der Waals surface area contributed by atoms with Crippen molar-refractivity contribution in [2.24, 2.45) is 0 Å². The predicted molar refractivity (Wildman–Crippen MR) is 129 cm³/mol. The average Bonchev–Trinajstić information content (AvgIpc) is 3.14. The molecule has 2 aliphatic heterocycles. The van der Waals surface area contributed by atoms with Gasteiger partial charge in [0.25, 0.3) is 0 Å². The molecule has 0 fully saturated rings. The molecule has 4 aromatic rings. The molecule has 0 aromatic heterocycles. The SMILES string of the molecule is CCNc1cccc2c1C1(OC(=O)c3ccccc31)c1cc(Nc3ccccc3F)ccc1O2. The molecule has 0 aliphatic carbocycles. The van der Waals surface area contributed by atoms with E-state index in [0.717, 1.165) is 16.8 Å². The van der Waals surface area contributed by atoms with E-state index in [4.69, 9.17) is 9.47 Å². The summed E-state index contributed by atoms with van der Waals surface area (Å²) in [7, 11) is 0. The number of anilines is 3. The Labute approximate surface area is 196 Å². The predicted octanol–water partition coefficient (Wildman–Crippen LogP) is 6.57. The lowest BCUT2D eigenvalue weighted by Gasteiger charge is -2.38. The van der Waals surface area contributed by atoms with Crippen LogP contribution < -0.4 is 15.4 Å². The third-order valence-electron chi connectivity index (χ3n) is 6.25. The standard InChI is InChI=1S/C28H21FN2O3/c1-2-30-23-12-7-13-25-26(23)28(19-9-4-3-8-18(19)27(32)34-28)20-16-17(14-15-24(20)33-25)31-22-11-6-5-10-21(22)29/h3-16,30-31H,2H2,1H3. The van der Waals surface area contributed by atoms with E-state index in [-0.39, 0.29) is 5.82 Å². The van der Waals surface area contributed by atoms with Gasteiger partial charge in [-0.15, -0.1) is 0 Å². The minimum absolute atomic E-state index is 0.353. The van der Waals surface area contributed by atoms with Gasteiger partial charge in [-0.2, -0.15) is 0 Å². The van der Waals surface area contributed by atoms with Crippen LogP contribution in [0.15, 0.2) is 84.9 Å². The van der Waals surface area contributed by atoms with Gasteiger partial charge in [0, 0.05) is 29.0 Å². The van der Waals surface area contributed by atoms with E-state index in [9.17, 15) is 9.18 Å². The van der Waals surface area contributed by atoms with Gasteiger partial charge >= 0.3 is 5.97 Å². The first-order valence-corrected chi connectivity index (χ1v) is 11.2. The summed E-state index contributed by atoms with van der Waals surface area (Å²) in [5.41, 5.74) is 3.29. The van der Waals surface area contributed by atoms with Gasteiger partial charge < -0.3 is 20.1 Å². The van der Waals surface area contributed by atoms with Crippen LogP contribution in [-0.4, -0.2) is 12.5 Å². The fourth-order valence-corrected chi connectivity index (χ4v) is 4.86. The second-order valence-electron chi connectivity index (χ2n) is 8.24. The first kappa shape index (κ1) is 20.3. The third kappa shape index (κ3) is 2.88. The maximum absolute atomic E-state index is 14.3. The van der Waals surface area contributed by atoms with Crippen molar-refractivity contribution in [3.05, 3.63) is 113 Å². The fraction of sp³-hybridized carbons (Fsp3) is 0.107. The molecule has 2 aliphatic rings. The van der Waals surface area contributed by atoms with Crippen molar-refractivity contribution in [1.29, 1.82) is 0 Å². The summed E-state index contributed by atoms with van der Waals surface area (Å²) < 4.78 is 26.9. The highest BCUT2D eigenvalue weighted by Gasteiger charge is 2.54. The molecule has 0 amide bonds. The molecule has 2 N–H and O–H groups in total. The number of halogens is 1. The average molecular weight is 452 g/mol. The van der Waals surface area contributed by atoms with Crippen molar-refractivity contribution in [2.75, 3.05) is 17.2 Å². The van der Waals surface area contributed by atoms with E-state index in [1.165, 1.54) is 6.07 Å². The maximum Gasteiger partial charge on any atom is 0.340 e. The normalized spacial score (nSPS) is 17.3. The zero-order valence-corrected chi connectivity index (χ0v) is 18.4. The van der Waals surface area contributed by atoms with Gasteiger partial charge in [-0.3, -0.25) is 0 Å². The van der Waals surface area contributed by atoms with Gasteiger partial charge in [-0.1, -0.05) is 36.4 Å². The molecule has 4 aromatic carbocycles. The monoisotopic (exact) mass is 452 g/mol. The highest BCUT2D eigenvalue weighted by atomic mass is 19.1. The topological polar surface area (TPSA) is 59.6 Å². The van der Waals surface area contributed by atoms with E-state index in [2.05, 4.69) is 10.6 Å². The van der Waals surface area contributed by atoms with Crippen molar-refractivity contribution in [3.8, 4) is 11.5 Å². The Hall–Kier alpha value is -4.32. The number of hydrogen-bond acceptors (Lipinski definition) is 5. The number of fused-ring (bicyclic) bond motifs is 6. The van der Waals surface area contributed by atoms with Crippen molar-refractivity contribution in [3.63, 3.8) is 0 Å². The molecule has 0 saturated heterocycles. The summed E-state index contributed by atoms with van der Waals surface area (Å²) >= 11 is 0. The van der Waals surface area contributed by atoms with Crippen LogP contribution >= 0.6 is 0 Å². The van der Waals surface area contributed by atoms with Crippen LogP contribution in [0.2, 0.25) is 0 Å². The number of carbonyl (C=O) groups excluding carboxylic acids is 1. The number of para-hydroxylation sites is 1. The molecule has 0 bridgehead atoms. The summed E-state index contributed by atoms with van der Waals surface area (Å²) in [6.07, 6.45) is 0. The molecule has 34 heavy (non-hydrogen) atoms. The summed E-state index contributed by atoms with van der Waals surface area (Å²) in [5.74, 6) is 0.437. The molecule has 6 heteroatoms. The maximum atomic E-state index is 14.3. The molecule has 2 heterocycles. The number of carbonyl (C=O) groups is 1. The smallest absolute Gasteiger partial charge is 0.340 e. The lowest BCUT2D eigenvalue weighted by molar-refractivity contribution is 0.0227. The third-order valence-corrected chi connectivity index (χ3v) is 6.25. The Morgan fingerprint density at radius 3 is 2.50 bits per heavy atom. The zero-order valence-electron chi connectivity index (χ0n) is 18.4. The van der Waals surface area contributed by atoms with Crippen molar-refractivity contribution in [1.82, 2.24) is 0 Å². The van der Waals surface area contributed by atoms with Gasteiger partial charge in [0.05, 0.1) is 16.8 Å². The zero-order chi connectivity index (χ0) is 23.3. The number of benzene rings is 4. The highest BCUT2D eigenvalue weighted by molar-refractivity contribution is 5.97. The molecular formula is C28H21FN2O3. The number of nitrogens with one attached hydrogen (secondary N) is 2. The van der Waals surface area contributed by atoms with Crippen LogP contribution in [0.5, 0.6) is 11.5 Å². The van der Waals surface area contributed by atoms with E-state index in [1.54, 1.807) is 24.3 Å². The van der Waals surface area contributed by atoms with E-state index < -0.39 is 11.6 Å². The van der Waals surface area contributed by atoms with Crippen molar-refractivity contribution >= 4 is 23.0 Å². The first-order valence-electron chi connectivity index (χ1n) is 11.2. The van der Waals surface area contributed by atoms with E-state index >= 15 is 0 Å². The second kappa shape index (κ2) is 7.63. The Bertz CT molecular complexity index is 1450. The largest absolute Gasteiger partial charge is 0.456 e. The van der Waals surface area contributed by atoms with Crippen LogP contribution in [-0.2, 0) is 10.3 Å². The Balaban J connectivity index is 1.61. The van der Waals surface area contributed by atoms with Gasteiger partial charge in [-0.05, 0) is 55.5 Å². The molecule has 1 unspecified atom stereocenters. The van der Waals surface area contributed by atoms with Crippen LogP contribution in [0.3, 0.4) is 0 Å². The molecule has 168 valence electrons. The van der Waals surface area contributed by atoms with Crippen LogP contribution in [0.1, 0.15) is 34.0 Å². The highest BCUT2D eigenvalue weighted by Crippen LogP contribution is 2.58. The van der Waals surface area contributed by atoms with Crippen molar-refractivity contribution in [2.45, 2.75) is 12.5 Å². The molecule has 1 spiro atoms. The Kier molecular flexibility index (Phi) is 4.55. The Morgan fingerprint density at radius 2 is 1.65 bits per heavy atom. The quantitative estimate of drug-likeness (QED) is 0.343. The minimum Gasteiger partial charge on any atom is -0.456 e. The van der Waals surface area contributed by atoms with Gasteiger partial charge in [0.1, 0.15) is 17.3 Å². The Morgan fingerprint density at radius 1 is 0.853 bits per heavy atom. The lowest BCUT2D eigenvalue weighted by atomic mass is 9.76. The first-order chi connectivity index (χ1) is 16.6. The fourth-order valence-electron chi connectivity index (χ4n) is 4.86. The molecule has 0 saturated carbocycles. The van der Waals surface area contributed by atoms with Crippen molar-refractivity contribution < 1.29 is 18.7 Å².